The van der Waals surface area contributed by atoms with Crippen LogP contribution in [0.3, 0.4) is 0 Å². The summed E-state index contributed by atoms with van der Waals surface area (Å²) in [5, 5.41) is 3.45. The molecule has 2 amide bonds. The van der Waals surface area contributed by atoms with E-state index in [0.29, 0.717) is 67.8 Å². The minimum absolute atomic E-state index is 0.0838. The van der Waals surface area contributed by atoms with Crippen LogP contribution in [0, 0.1) is 18.8 Å². The zero-order chi connectivity index (χ0) is 26.1. The van der Waals surface area contributed by atoms with Gasteiger partial charge in [-0.1, -0.05) is 25.4 Å². The summed E-state index contributed by atoms with van der Waals surface area (Å²) in [6.07, 6.45) is 2.47. The topological polar surface area (TPSA) is 103 Å². The van der Waals surface area contributed by atoms with E-state index in [-0.39, 0.29) is 18.0 Å². The van der Waals surface area contributed by atoms with Crippen molar-refractivity contribution in [2.24, 2.45) is 11.8 Å². The van der Waals surface area contributed by atoms with Crippen molar-refractivity contribution in [2.75, 3.05) is 32.6 Å². The summed E-state index contributed by atoms with van der Waals surface area (Å²) >= 11 is 7.34. The third-order valence-electron chi connectivity index (χ3n) is 6.37. The third-order valence-corrected chi connectivity index (χ3v) is 7.87. The Hall–Kier alpha value is -3.11. The standard InChI is InChI=1S/C25H29ClN4O5S/c1-13-6-14(2)10-29(9-13)20(31)11-30-12-27-24-21(25(30)33)15(3)22(36-24)23(32)28-17-7-16(26)18(34-4)8-19(17)35-5/h7-8,12-14H,6,9-11H2,1-5H3,(H,28,32)/t13-,14-/m1/s1. The van der Waals surface area contributed by atoms with Gasteiger partial charge in [0, 0.05) is 19.2 Å². The predicted octanol–water partition coefficient (Wildman–Crippen LogP) is 4.19. The number of anilines is 1. The number of piperidine rings is 1. The Bertz CT molecular complexity index is 1380. The molecule has 1 aliphatic rings. The smallest absolute Gasteiger partial charge is 0.266 e. The molecule has 1 saturated heterocycles. The van der Waals surface area contributed by atoms with Crippen LogP contribution in [0.4, 0.5) is 5.69 Å². The van der Waals surface area contributed by atoms with Gasteiger partial charge in [-0.15, -0.1) is 11.3 Å². The summed E-state index contributed by atoms with van der Waals surface area (Å²) in [7, 11) is 2.96. The third kappa shape index (κ3) is 5.05. The van der Waals surface area contributed by atoms with E-state index < -0.39 is 5.91 Å². The maximum atomic E-state index is 13.3. The highest BCUT2D eigenvalue weighted by atomic mass is 35.5. The summed E-state index contributed by atoms with van der Waals surface area (Å²) in [5.41, 5.74) is 0.529. The number of carbonyl (C=O) groups is 2. The Morgan fingerprint density at radius 3 is 2.47 bits per heavy atom. The second kappa shape index (κ2) is 10.5. The molecule has 1 N–H and O–H groups in total. The molecule has 4 rings (SSSR count). The first kappa shape index (κ1) is 26.0. The maximum Gasteiger partial charge on any atom is 0.266 e. The number of benzene rings is 1. The van der Waals surface area contributed by atoms with E-state index in [1.165, 1.54) is 25.1 Å². The summed E-state index contributed by atoms with van der Waals surface area (Å²) in [5.74, 6) is 1.12. The molecule has 192 valence electrons. The van der Waals surface area contributed by atoms with Crippen LogP contribution in [-0.4, -0.2) is 53.6 Å². The quantitative estimate of drug-likeness (QED) is 0.510. The molecule has 0 radical (unpaired) electrons. The summed E-state index contributed by atoms with van der Waals surface area (Å²) in [6, 6.07) is 3.12. The molecule has 3 aromatic rings. The van der Waals surface area contributed by atoms with E-state index >= 15 is 0 Å². The average Bonchev–Trinajstić information content (AvgIpc) is 3.17. The van der Waals surface area contributed by atoms with Gasteiger partial charge in [-0.05, 0) is 36.8 Å². The van der Waals surface area contributed by atoms with E-state index in [4.69, 9.17) is 21.1 Å². The Morgan fingerprint density at radius 2 is 1.83 bits per heavy atom. The first-order valence-electron chi connectivity index (χ1n) is 11.6. The fourth-order valence-electron chi connectivity index (χ4n) is 4.74. The van der Waals surface area contributed by atoms with Gasteiger partial charge in [-0.3, -0.25) is 19.0 Å². The van der Waals surface area contributed by atoms with Crippen LogP contribution in [-0.2, 0) is 11.3 Å². The first-order chi connectivity index (χ1) is 17.1. The number of hydrogen-bond acceptors (Lipinski definition) is 7. The zero-order valence-corrected chi connectivity index (χ0v) is 22.5. The van der Waals surface area contributed by atoms with Crippen molar-refractivity contribution in [2.45, 2.75) is 33.7 Å². The molecule has 1 fully saturated rings. The normalized spacial score (nSPS) is 17.8. The number of thiophene rings is 1. The van der Waals surface area contributed by atoms with Gasteiger partial charge < -0.3 is 19.7 Å². The number of halogens is 1. The number of aromatic nitrogens is 2. The van der Waals surface area contributed by atoms with E-state index in [2.05, 4.69) is 24.1 Å². The van der Waals surface area contributed by atoms with Crippen LogP contribution in [0.5, 0.6) is 11.5 Å². The lowest BCUT2D eigenvalue weighted by atomic mass is 9.92. The minimum Gasteiger partial charge on any atom is -0.495 e. The van der Waals surface area contributed by atoms with E-state index in [9.17, 15) is 14.4 Å². The van der Waals surface area contributed by atoms with Crippen molar-refractivity contribution in [3.05, 3.63) is 44.3 Å². The van der Waals surface area contributed by atoms with Crippen molar-refractivity contribution < 1.29 is 19.1 Å². The fourth-order valence-corrected chi connectivity index (χ4v) is 6.01. The lowest BCUT2D eigenvalue weighted by molar-refractivity contribution is -0.134. The van der Waals surface area contributed by atoms with Crippen molar-refractivity contribution in [3.63, 3.8) is 0 Å². The molecular weight excluding hydrogens is 504 g/mol. The molecule has 0 bridgehead atoms. The Kier molecular flexibility index (Phi) is 7.56. The Balaban J connectivity index is 1.60. The largest absolute Gasteiger partial charge is 0.495 e. The molecule has 1 aromatic carbocycles. The second-order valence-electron chi connectivity index (χ2n) is 9.30. The van der Waals surface area contributed by atoms with E-state index in [1.54, 1.807) is 19.1 Å². The molecule has 0 spiro atoms. The van der Waals surface area contributed by atoms with Crippen molar-refractivity contribution in [1.82, 2.24) is 14.5 Å². The lowest BCUT2D eigenvalue weighted by Gasteiger charge is -2.35. The van der Waals surface area contributed by atoms with Crippen LogP contribution in [0.25, 0.3) is 10.2 Å². The molecule has 2 atom stereocenters. The molecule has 0 unspecified atom stereocenters. The van der Waals surface area contributed by atoms with Gasteiger partial charge in [0.05, 0.1) is 41.5 Å². The number of ether oxygens (including phenoxy) is 2. The number of methoxy groups -OCH3 is 2. The number of amides is 2. The molecule has 3 heterocycles. The number of nitrogens with zero attached hydrogens (tertiary/aromatic N) is 3. The zero-order valence-electron chi connectivity index (χ0n) is 20.9. The number of likely N-dealkylation sites (tertiary alicyclic amines) is 1. The van der Waals surface area contributed by atoms with Crippen LogP contribution in [0.1, 0.15) is 35.5 Å². The monoisotopic (exact) mass is 532 g/mol. The molecule has 2 aromatic heterocycles. The van der Waals surface area contributed by atoms with Gasteiger partial charge in [0.2, 0.25) is 5.91 Å². The average molecular weight is 533 g/mol. The Labute approximate surface area is 218 Å². The van der Waals surface area contributed by atoms with Crippen molar-refractivity contribution in [3.8, 4) is 11.5 Å². The van der Waals surface area contributed by atoms with Crippen LogP contribution < -0.4 is 20.3 Å². The van der Waals surface area contributed by atoms with Gasteiger partial charge >= 0.3 is 0 Å². The molecular formula is C25H29ClN4O5S. The number of rotatable bonds is 6. The van der Waals surface area contributed by atoms with Crippen molar-refractivity contribution >= 4 is 50.7 Å². The fraction of sp³-hybridized carbons (Fsp3) is 0.440. The molecule has 9 nitrogen and oxygen atoms in total. The molecule has 1 aliphatic heterocycles. The van der Waals surface area contributed by atoms with E-state index in [1.807, 2.05) is 4.90 Å². The highest BCUT2D eigenvalue weighted by Crippen LogP contribution is 2.37. The number of hydrogen-bond donors (Lipinski definition) is 1. The van der Waals surface area contributed by atoms with Crippen LogP contribution in [0.2, 0.25) is 5.02 Å². The predicted molar refractivity (Wildman–Crippen MR) is 141 cm³/mol. The Morgan fingerprint density at radius 1 is 1.17 bits per heavy atom. The van der Waals surface area contributed by atoms with E-state index in [0.717, 1.165) is 17.8 Å². The number of aryl methyl sites for hydroxylation is 1. The maximum absolute atomic E-state index is 13.3. The van der Waals surface area contributed by atoms with Gasteiger partial charge in [0.15, 0.2) is 0 Å². The van der Waals surface area contributed by atoms with Gasteiger partial charge in [0.1, 0.15) is 22.9 Å². The first-order valence-corrected chi connectivity index (χ1v) is 12.8. The molecule has 36 heavy (non-hydrogen) atoms. The number of nitrogens with one attached hydrogen (secondary N) is 1. The lowest BCUT2D eigenvalue weighted by Crippen LogP contribution is -2.44. The highest BCUT2D eigenvalue weighted by Gasteiger charge is 2.26. The molecule has 0 aliphatic carbocycles. The number of carbonyl (C=O) groups excluding carboxylic acids is 2. The van der Waals surface area contributed by atoms with Crippen LogP contribution in [0.15, 0.2) is 23.3 Å². The molecule has 11 heteroatoms. The van der Waals surface area contributed by atoms with Crippen LogP contribution >= 0.6 is 22.9 Å². The van der Waals surface area contributed by atoms with Gasteiger partial charge in [0.25, 0.3) is 11.5 Å². The summed E-state index contributed by atoms with van der Waals surface area (Å²) in [4.78, 5) is 46.3. The van der Waals surface area contributed by atoms with Gasteiger partial charge in [-0.2, -0.15) is 0 Å². The number of fused-ring (bicyclic) bond motifs is 1. The minimum atomic E-state index is -0.423. The molecule has 0 saturated carbocycles. The van der Waals surface area contributed by atoms with Crippen molar-refractivity contribution in [1.29, 1.82) is 0 Å². The second-order valence-corrected chi connectivity index (χ2v) is 10.7. The summed E-state index contributed by atoms with van der Waals surface area (Å²) < 4.78 is 11.9. The van der Waals surface area contributed by atoms with Gasteiger partial charge in [-0.25, -0.2) is 4.98 Å². The highest BCUT2D eigenvalue weighted by molar-refractivity contribution is 7.20. The SMILES string of the molecule is COc1cc(OC)c(NC(=O)c2sc3ncn(CC(=O)N4C[C@H](C)C[C@@H](C)C4)c(=O)c3c2C)cc1Cl. The summed E-state index contributed by atoms with van der Waals surface area (Å²) in [6.45, 7) is 7.26.